The lowest BCUT2D eigenvalue weighted by Crippen LogP contribution is -2.40. The van der Waals surface area contributed by atoms with Crippen molar-refractivity contribution in [2.24, 2.45) is 4.99 Å². The Bertz CT molecular complexity index is 914. The zero-order valence-corrected chi connectivity index (χ0v) is 16.2. The molecule has 4 rings (SSSR count). The van der Waals surface area contributed by atoms with Gasteiger partial charge in [-0.05, 0) is 36.6 Å². The lowest BCUT2D eigenvalue weighted by atomic mass is 9.99. The number of hydrogen-bond donors (Lipinski definition) is 0. The van der Waals surface area contributed by atoms with Gasteiger partial charge in [0.2, 0.25) is 5.91 Å². The van der Waals surface area contributed by atoms with Gasteiger partial charge in [-0.25, -0.2) is 14.9 Å². The van der Waals surface area contributed by atoms with Gasteiger partial charge in [-0.15, -0.1) is 0 Å². The van der Waals surface area contributed by atoms with E-state index in [-0.39, 0.29) is 12.3 Å². The number of carbonyl (C=O) groups is 1. The average Bonchev–Trinajstić information content (AvgIpc) is 2.95. The lowest BCUT2D eigenvalue weighted by Gasteiger charge is -2.31. The molecule has 0 aliphatic carbocycles. The molecule has 0 fully saturated rings. The van der Waals surface area contributed by atoms with Crippen molar-refractivity contribution in [3.63, 3.8) is 0 Å². The van der Waals surface area contributed by atoms with E-state index in [9.17, 15) is 4.79 Å². The standard InChI is InChI=1S/C21H22ClN3O2/c1-21(23-20(24(2)27-21)17-9-5-6-10-18(17)22)13-19(26)25-12-11-15-7-3-4-8-16(15)14-25/h3-10H,11-14H2,1-2H3. The van der Waals surface area contributed by atoms with Crippen LogP contribution in [0.3, 0.4) is 0 Å². The molecular formula is C21H22ClN3O2. The number of fused-ring (bicyclic) bond motifs is 1. The van der Waals surface area contributed by atoms with Crippen LogP contribution >= 0.6 is 11.6 Å². The van der Waals surface area contributed by atoms with Crippen molar-refractivity contribution in [1.29, 1.82) is 0 Å². The molecule has 1 atom stereocenters. The van der Waals surface area contributed by atoms with Crippen molar-refractivity contribution >= 4 is 23.3 Å². The first-order valence-corrected chi connectivity index (χ1v) is 9.45. The Labute approximate surface area is 164 Å². The van der Waals surface area contributed by atoms with Crippen molar-refractivity contribution in [3.05, 3.63) is 70.2 Å². The quantitative estimate of drug-likeness (QED) is 0.812. The molecule has 6 heteroatoms. The minimum Gasteiger partial charge on any atom is -0.338 e. The van der Waals surface area contributed by atoms with E-state index in [1.807, 2.05) is 48.2 Å². The van der Waals surface area contributed by atoms with E-state index in [1.165, 1.54) is 11.1 Å². The molecule has 27 heavy (non-hydrogen) atoms. The molecule has 0 aromatic heterocycles. The molecule has 0 radical (unpaired) electrons. The first-order chi connectivity index (χ1) is 13.0. The van der Waals surface area contributed by atoms with Gasteiger partial charge in [0.25, 0.3) is 0 Å². The molecule has 5 nitrogen and oxygen atoms in total. The van der Waals surface area contributed by atoms with Gasteiger partial charge in [0, 0.05) is 25.7 Å². The van der Waals surface area contributed by atoms with Crippen molar-refractivity contribution < 1.29 is 9.63 Å². The van der Waals surface area contributed by atoms with Gasteiger partial charge in [-0.1, -0.05) is 48.0 Å². The predicted octanol–water partition coefficient (Wildman–Crippen LogP) is 3.65. The summed E-state index contributed by atoms with van der Waals surface area (Å²) in [6, 6.07) is 15.8. The minimum atomic E-state index is -0.933. The third-order valence-electron chi connectivity index (χ3n) is 5.05. The molecule has 0 saturated heterocycles. The highest BCUT2D eigenvalue weighted by Crippen LogP contribution is 2.31. The minimum absolute atomic E-state index is 0.0459. The molecule has 1 amide bonds. The number of amidine groups is 1. The maximum Gasteiger partial charge on any atom is 0.227 e. The molecule has 140 valence electrons. The van der Waals surface area contributed by atoms with Crippen molar-refractivity contribution in [3.8, 4) is 0 Å². The largest absolute Gasteiger partial charge is 0.338 e. The summed E-state index contributed by atoms with van der Waals surface area (Å²) in [5.74, 6) is 0.685. The molecule has 1 unspecified atom stereocenters. The average molecular weight is 384 g/mol. The zero-order chi connectivity index (χ0) is 19.0. The molecule has 2 aliphatic heterocycles. The molecule has 2 aromatic rings. The summed E-state index contributed by atoms with van der Waals surface area (Å²) in [4.78, 5) is 25.4. The number of benzene rings is 2. The zero-order valence-electron chi connectivity index (χ0n) is 15.5. The van der Waals surface area contributed by atoms with Gasteiger partial charge in [0.05, 0.1) is 11.4 Å². The van der Waals surface area contributed by atoms with Gasteiger partial charge in [0.1, 0.15) is 0 Å². The molecule has 2 aromatic carbocycles. The normalized spacial score (nSPS) is 21.8. The van der Waals surface area contributed by atoms with Crippen LogP contribution in [-0.2, 0) is 22.6 Å². The highest BCUT2D eigenvalue weighted by atomic mass is 35.5. The second kappa shape index (κ2) is 6.98. The van der Waals surface area contributed by atoms with E-state index < -0.39 is 5.72 Å². The topological polar surface area (TPSA) is 45.1 Å². The Hall–Kier alpha value is -2.37. The fourth-order valence-electron chi connectivity index (χ4n) is 3.70. The summed E-state index contributed by atoms with van der Waals surface area (Å²) < 4.78 is 0. The Balaban J connectivity index is 1.51. The predicted molar refractivity (Wildman–Crippen MR) is 105 cm³/mol. The van der Waals surface area contributed by atoms with E-state index in [4.69, 9.17) is 21.4 Å². The number of carbonyl (C=O) groups excluding carboxylic acids is 1. The fourth-order valence-corrected chi connectivity index (χ4v) is 3.92. The highest BCUT2D eigenvalue weighted by Gasteiger charge is 2.39. The number of hydroxylamine groups is 2. The first-order valence-electron chi connectivity index (χ1n) is 9.07. The van der Waals surface area contributed by atoms with Crippen LogP contribution in [0.25, 0.3) is 0 Å². The van der Waals surface area contributed by atoms with Crippen LogP contribution in [0.15, 0.2) is 53.5 Å². The van der Waals surface area contributed by atoms with Crippen LogP contribution in [0.1, 0.15) is 30.0 Å². The third-order valence-corrected chi connectivity index (χ3v) is 5.38. The van der Waals surface area contributed by atoms with E-state index >= 15 is 0 Å². The van der Waals surface area contributed by atoms with Crippen LogP contribution in [0.2, 0.25) is 5.02 Å². The Morgan fingerprint density at radius 3 is 2.67 bits per heavy atom. The molecule has 0 bridgehead atoms. The SMILES string of the molecule is CN1OC(C)(CC(=O)N2CCc3ccccc3C2)N=C1c1ccccc1Cl. The van der Waals surface area contributed by atoms with Crippen molar-refractivity contribution in [2.75, 3.05) is 13.6 Å². The van der Waals surface area contributed by atoms with Gasteiger partial charge in [0.15, 0.2) is 11.6 Å². The van der Waals surface area contributed by atoms with Crippen LogP contribution in [0.4, 0.5) is 0 Å². The van der Waals surface area contributed by atoms with Gasteiger partial charge < -0.3 is 4.90 Å². The van der Waals surface area contributed by atoms with Crippen molar-refractivity contribution in [1.82, 2.24) is 9.96 Å². The summed E-state index contributed by atoms with van der Waals surface area (Å²) in [6.45, 7) is 3.20. The summed E-state index contributed by atoms with van der Waals surface area (Å²) in [5.41, 5.74) is 2.40. The Kier molecular flexibility index (Phi) is 4.66. The number of amides is 1. The van der Waals surface area contributed by atoms with E-state index in [1.54, 1.807) is 12.1 Å². The molecular weight excluding hydrogens is 362 g/mol. The number of hydrogen-bond acceptors (Lipinski definition) is 4. The third kappa shape index (κ3) is 3.57. The molecule has 2 aliphatic rings. The summed E-state index contributed by atoms with van der Waals surface area (Å²) in [7, 11) is 1.79. The van der Waals surface area contributed by atoms with E-state index in [0.717, 1.165) is 18.5 Å². The maximum atomic E-state index is 12.9. The fraction of sp³-hybridized carbons (Fsp3) is 0.333. The summed E-state index contributed by atoms with van der Waals surface area (Å²) in [5, 5.41) is 2.20. The monoisotopic (exact) mass is 383 g/mol. The van der Waals surface area contributed by atoms with Gasteiger partial charge in [-0.2, -0.15) is 0 Å². The Morgan fingerprint density at radius 2 is 1.89 bits per heavy atom. The highest BCUT2D eigenvalue weighted by molar-refractivity contribution is 6.34. The maximum absolute atomic E-state index is 12.9. The van der Waals surface area contributed by atoms with Crippen molar-refractivity contribution in [2.45, 2.75) is 32.0 Å². The van der Waals surface area contributed by atoms with Crippen LogP contribution in [-0.4, -0.2) is 41.0 Å². The van der Waals surface area contributed by atoms with E-state index in [0.29, 0.717) is 17.4 Å². The second-order valence-corrected chi connectivity index (χ2v) is 7.60. The number of nitrogens with zero attached hydrogens (tertiary/aromatic N) is 3. The summed E-state index contributed by atoms with van der Waals surface area (Å²) >= 11 is 6.30. The van der Waals surface area contributed by atoms with Crippen LogP contribution < -0.4 is 0 Å². The summed E-state index contributed by atoms with van der Waals surface area (Å²) in [6.07, 6.45) is 1.07. The molecule has 0 N–H and O–H groups in total. The molecule has 0 spiro atoms. The Morgan fingerprint density at radius 1 is 1.19 bits per heavy atom. The second-order valence-electron chi connectivity index (χ2n) is 7.19. The molecule has 0 saturated carbocycles. The first kappa shape index (κ1) is 18.0. The number of aliphatic imine (C=N–C) groups is 1. The van der Waals surface area contributed by atoms with E-state index in [2.05, 4.69) is 12.1 Å². The van der Waals surface area contributed by atoms with Crippen LogP contribution in [0, 0.1) is 0 Å². The smallest absolute Gasteiger partial charge is 0.227 e. The van der Waals surface area contributed by atoms with Crippen LogP contribution in [0.5, 0.6) is 0 Å². The van der Waals surface area contributed by atoms with Gasteiger partial charge in [-0.3, -0.25) is 4.79 Å². The van der Waals surface area contributed by atoms with Gasteiger partial charge >= 0.3 is 0 Å². The number of halogens is 1. The lowest BCUT2D eigenvalue weighted by molar-refractivity contribution is -0.170. The number of rotatable bonds is 3. The molecule has 2 heterocycles.